The lowest BCUT2D eigenvalue weighted by molar-refractivity contribution is -0.137. The quantitative estimate of drug-likeness (QED) is 0.641. The Morgan fingerprint density at radius 3 is 2.75 bits per heavy atom. The van der Waals surface area contributed by atoms with E-state index in [9.17, 15) is 4.79 Å². The van der Waals surface area contributed by atoms with Crippen molar-refractivity contribution in [1.29, 1.82) is 0 Å². The largest absolute Gasteiger partial charge is 0.481 e. The van der Waals surface area contributed by atoms with Gasteiger partial charge in [-0.25, -0.2) is 9.97 Å². The number of carboxylic acid groups (broad SMARTS) is 1. The zero-order chi connectivity index (χ0) is 14.8. The number of unbranched alkanes of at least 4 members (excludes halogenated alkanes) is 3. The van der Waals surface area contributed by atoms with Crippen LogP contribution in [0.25, 0.3) is 0 Å². The standard InChI is InChI=1S/C14H23N3O3/c1-11(2)20-13-9-12(16-10-17-13)15-8-6-4-3-5-7-14(18)19/h9-11H,3-8H2,1-2H3,(H,18,19)(H,15,16,17). The Morgan fingerprint density at radius 1 is 1.30 bits per heavy atom. The average molecular weight is 281 g/mol. The molecule has 0 aliphatic heterocycles. The van der Waals surface area contributed by atoms with Crippen LogP contribution in [0.5, 0.6) is 5.88 Å². The predicted molar refractivity (Wildman–Crippen MR) is 77.0 cm³/mol. The molecule has 0 saturated carbocycles. The van der Waals surface area contributed by atoms with E-state index in [0.29, 0.717) is 5.88 Å². The van der Waals surface area contributed by atoms with Crippen molar-refractivity contribution in [1.82, 2.24) is 9.97 Å². The molecule has 0 aromatic carbocycles. The van der Waals surface area contributed by atoms with Crippen LogP contribution in [0.1, 0.15) is 46.0 Å². The van der Waals surface area contributed by atoms with E-state index in [-0.39, 0.29) is 12.5 Å². The highest BCUT2D eigenvalue weighted by atomic mass is 16.5. The lowest BCUT2D eigenvalue weighted by Crippen LogP contribution is -2.08. The first kappa shape index (κ1) is 16.2. The molecule has 0 atom stereocenters. The molecule has 6 heteroatoms. The minimum Gasteiger partial charge on any atom is -0.481 e. The zero-order valence-corrected chi connectivity index (χ0v) is 12.1. The molecule has 0 spiro atoms. The Balaban J connectivity index is 2.17. The lowest BCUT2D eigenvalue weighted by atomic mass is 10.1. The molecule has 0 aliphatic carbocycles. The fourth-order valence-electron chi connectivity index (χ4n) is 1.71. The molecule has 0 aliphatic rings. The number of ether oxygens (including phenoxy) is 1. The number of carboxylic acids is 1. The maximum absolute atomic E-state index is 10.3. The van der Waals surface area contributed by atoms with Crippen LogP contribution in [-0.2, 0) is 4.79 Å². The van der Waals surface area contributed by atoms with Gasteiger partial charge in [-0.1, -0.05) is 12.8 Å². The summed E-state index contributed by atoms with van der Waals surface area (Å²) in [5.41, 5.74) is 0. The van der Waals surface area contributed by atoms with Crippen LogP contribution in [0.15, 0.2) is 12.4 Å². The van der Waals surface area contributed by atoms with Crippen molar-refractivity contribution in [2.24, 2.45) is 0 Å². The summed E-state index contributed by atoms with van der Waals surface area (Å²) >= 11 is 0. The number of aliphatic carboxylic acids is 1. The van der Waals surface area contributed by atoms with E-state index in [4.69, 9.17) is 9.84 Å². The fourth-order valence-corrected chi connectivity index (χ4v) is 1.71. The molecule has 6 nitrogen and oxygen atoms in total. The van der Waals surface area contributed by atoms with Gasteiger partial charge in [-0.15, -0.1) is 0 Å². The molecule has 1 aromatic rings. The van der Waals surface area contributed by atoms with Gasteiger partial charge in [0.25, 0.3) is 0 Å². The Labute approximate surface area is 119 Å². The maximum Gasteiger partial charge on any atom is 0.303 e. The molecular weight excluding hydrogens is 258 g/mol. The number of rotatable bonds is 10. The number of nitrogens with zero attached hydrogens (tertiary/aromatic N) is 2. The van der Waals surface area contributed by atoms with Gasteiger partial charge in [-0.2, -0.15) is 0 Å². The molecule has 1 rings (SSSR count). The third-order valence-electron chi connectivity index (χ3n) is 2.62. The van der Waals surface area contributed by atoms with Gasteiger partial charge in [0.05, 0.1) is 6.10 Å². The summed E-state index contributed by atoms with van der Waals surface area (Å²) in [5, 5.41) is 11.7. The third kappa shape index (κ3) is 7.56. The van der Waals surface area contributed by atoms with Crippen molar-refractivity contribution in [3.63, 3.8) is 0 Å². The van der Waals surface area contributed by atoms with Crippen LogP contribution in [0.3, 0.4) is 0 Å². The molecule has 0 fully saturated rings. The topological polar surface area (TPSA) is 84.3 Å². The molecular formula is C14H23N3O3. The molecule has 1 heterocycles. The van der Waals surface area contributed by atoms with Gasteiger partial charge >= 0.3 is 5.97 Å². The Hall–Kier alpha value is -1.85. The summed E-state index contributed by atoms with van der Waals surface area (Å²) in [4.78, 5) is 18.5. The second-order valence-corrected chi connectivity index (χ2v) is 4.89. The molecule has 112 valence electrons. The molecule has 0 unspecified atom stereocenters. The molecule has 1 aromatic heterocycles. The van der Waals surface area contributed by atoms with E-state index in [0.717, 1.165) is 38.0 Å². The number of aromatic nitrogens is 2. The highest BCUT2D eigenvalue weighted by Crippen LogP contribution is 2.12. The van der Waals surface area contributed by atoms with Gasteiger partial charge in [0.2, 0.25) is 5.88 Å². The minimum absolute atomic E-state index is 0.0898. The fraction of sp³-hybridized carbons (Fsp3) is 0.643. The molecule has 2 N–H and O–H groups in total. The number of anilines is 1. The second-order valence-electron chi connectivity index (χ2n) is 4.89. The van der Waals surface area contributed by atoms with Crippen molar-refractivity contribution in [3.8, 4) is 5.88 Å². The molecule has 0 radical (unpaired) electrons. The summed E-state index contributed by atoms with van der Waals surface area (Å²) in [6, 6.07) is 1.78. The van der Waals surface area contributed by atoms with E-state index >= 15 is 0 Å². The second kappa shape index (κ2) is 9.12. The molecule has 20 heavy (non-hydrogen) atoms. The third-order valence-corrected chi connectivity index (χ3v) is 2.62. The van der Waals surface area contributed by atoms with Crippen LogP contribution in [0.2, 0.25) is 0 Å². The van der Waals surface area contributed by atoms with Gasteiger partial charge in [0, 0.05) is 19.0 Å². The maximum atomic E-state index is 10.3. The van der Waals surface area contributed by atoms with Crippen molar-refractivity contribution in [3.05, 3.63) is 12.4 Å². The van der Waals surface area contributed by atoms with Gasteiger partial charge in [0.1, 0.15) is 12.1 Å². The van der Waals surface area contributed by atoms with E-state index < -0.39 is 5.97 Å². The van der Waals surface area contributed by atoms with Crippen molar-refractivity contribution < 1.29 is 14.6 Å². The number of carbonyl (C=O) groups is 1. The first-order chi connectivity index (χ1) is 9.58. The van der Waals surface area contributed by atoms with Gasteiger partial charge in [0.15, 0.2) is 0 Å². The number of hydrogen-bond donors (Lipinski definition) is 2. The van der Waals surface area contributed by atoms with Gasteiger partial charge in [-0.3, -0.25) is 4.79 Å². The van der Waals surface area contributed by atoms with Crippen molar-refractivity contribution in [2.75, 3.05) is 11.9 Å². The summed E-state index contributed by atoms with van der Waals surface area (Å²) in [5.74, 6) is 0.599. The molecule has 0 amide bonds. The van der Waals surface area contributed by atoms with Crippen LogP contribution < -0.4 is 10.1 Å². The van der Waals surface area contributed by atoms with Crippen LogP contribution in [0, 0.1) is 0 Å². The minimum atomic E-state index is -0.721. The predicted octanol–water partition coefficient (Wildman–Crippen LogP) is 2.71. The normalized spacial score (nSPS) is 10.6. The van der Waals surface area contributed by atoms with Gasteiger partial charge < -0.3 is 15.2 Å². The Bertz CT molecular complexity index is 410. The summed E-state index contributed by atoms with van der Waals surface area (Å²) in [6.45, 7) is 4.71. The smallest absolute Gasteiger partial charge is 0.303 e. The van der Waals surface area contributed by atoms with E-state index in [1.165, 1.54) is 6.33 Å². The summed E-state index contributed by atoms with van der Waals surface area (Å²) in [6.07, 6.45) is 5.52. The lowest BCUT2D eigenvalue weighted by Gasteiger charge is -2.10. The first-order valence-electron chi connectivity index (χ1n) is 7.02. The Kier molecular flexibility index (Phi) is 7.39. The van der Waals surface area contributed by atoms with Crippen molar-refractivity contribution >= 4 is 11.8 Å². The summed E-state index contributed by atoms with van der Waals surface area (Å²) in [7, 11) is 0. The van der Waals surface area contributed by atoms with E-state index in [1.807, 2.05) is 13.8 Å². The average Bonchev–Trinajstić information content (AvgIpc) is 2.37. The number of hydrogen-bond acceptors (Lipinski definition) is 5. The molecule has 0 bridgehead atoms. The van der Waals surface area contributed by atoms with Crippen molar-refractivity contribution in [2.45, 2.75) is 52.1 Å². The first-order valence-corrected chi connectivity index (χ1v) is 7.02. The Morgan fingerprint density at radius 2 is 2.05 bits per heavy atom. The van der Waals surface area contributed by atoms with Crippen LogP contribution in [0.4, 0.5) is 5.82 Å². The zero-order valence-electron chi connectivity index (χ0n) is 12.1. The highest BCUT2D eigenvalue weighted by Gasteiger charge is 2.01. The summed E-state index contributed by atoms with van der Waals surface area (Å²) < 4.78 is 5.49. The van der Waals surface area contributed by atoms with Gasteiger partial charge in [-0.05, 0) is 26.7 Å². The number of nitrogens with one attached hydrogen (secondary N) is 1. The van der Waals surface area contributed by atoms with Crippen LogP contribution >= 0.6 is 0 Å². The van der Waals surface area contributed by atoms with E-state index in [1.54, 1.807) is 6.07 Å². The highest BCUT2D eigenvalue weighted by molar-refractivity contribution is 5.66. The van der Waals surface area contributed by atoms with E-state index in [2.05, 4.69) is 15.3 Å². The monoisotopic (exact) mass is 281 g/mol. The SMILES string of the molecule is CC(C)Oc1cc(NCCCCCCC(=O)O)ncn1. The van der Waals surface area contributed by atoms with Crippen LogP contribution in [-0.4, -0.2) is 33.7 Å². The molecule has 0 saturated heterocycles.